The molecular weight excluding hydrogens is 160 g/mol. The van der Waals surface area contributed by atoms with Gasteiger partial charge in [-0.3, -0.25) is 0 Å². The average molecular weight is 180 g/mol. The van der Waals surface area contributed by atoms with Gasteiger partial charge in [-0.15, -0.1) is 6.58 Å². The summed E-state index contributed by atoms with van der Waals surface area (Å²) in [5.74, 6) is 0.718. The third-order valence-corrected chi connectivity index (χ3v) is 4.22. The van der Waals surface area contributed by atoms with Crippen LogP contribution in [0, 0.1) is 11.3 Å². The molecule has 3 unspecified atom stereocenters. The summed E-state index contributed by atoms with van der Waals surface area (Å²) in [5.41, 5.74) is 0.627. The highest BCUT2D eigenvalue weighted by atomic mass is 16.5. The summed E-state index contributed by atoms with van der Waals surface area (Å²) in [5, 5.41) is 0. The Labute approximate surface area is 81.2 Å². The molecule has 0 spiro atoms. The fourth-order valence-corrected chi connectivity index (χ4v) is 2.94. The molecule has 2 saturated heterocycles. The van der Waals surface area contributed by atoms with E-state index in [0.29, 0.717) is 5.41 Å². The van der Waals surface area contributed by atoms with Gasteiger partial charge in [0.05, 0.1) is 12.2 Å². The van der Waals surface area contributed by atoms with E-state index in [4.69, 9.17) is 4.74 Å². The van der Waals surface area contributed by atoms with Crippen LogP contribution in [0.1, 0.15) is 39.5 Å². The first-order chi connectivity index (χ1) is 6.10. The van der Waals surface area contributed by atoms with Gasteiger partial charge in [-0.05, 0) is 43.9 Å². The third kappa shape index (κ3) is 1.34. The molecular formula is C12H20O. The van der Waals surface area contributed by atoms with E-state index in [1.54, 1.807) is 0 Å². The molecule has 0 aromatic carbocycles. The van der Waals surface area contributed by atoms with Crippen LogP contribution in [0.25, 0.3) is 0 Å². The van der Waals surface area contributed by atoms with Crippen molar-refractivity contribution in [3.63, 3.8) is 0 Å². The number of allylic oxidation sites excluding steroid dienone is 1. The maximum atomic E-state index is 5.98. The summed E-state index contributed by atoms with van der Waals surface area (Å²) in [4.78, 5) is 0. The lowest BCUT2D eigenvalue weighted by atomic mass is 9.60. The van der Waals surface area contributed by atoms with E-state index in [2.05, 4.69) is 26.5 Å². The van der Waals surface area contributed by atoms with Crippen LogP contribution < -0.4 is 0 Å². The van der Waals surface area contributed by atoms with Crippen LogP contribution in [0.15, 0.2) is 12.7 Å². The molecule has 1 nitrogen and oxygen atoms in total. The molecule has 3 aliphatic rings. The number of hydrogen-bond donors (Lipinski definition) is 0. The van der Waals surface area contributed by atoms with E-state index in [1.165, 1.54) is 19.3 Å². The van der Waals surface area contributed by atoms with E-state index >= 15 is 0 Å². The highest BCUT2D eigenvalue weighted by Crippen LogP contribution is 2.53. The minimum atomic E-state index is 0.183. The molecule has 0 amide bonds. The van der Waals surface area contributed by atoms with Gasteiger partial charge in [0.1, 0.15) is 0 Å². The highest BCUT2D eigenvalue weighted by Gasteiger charge is 2.50. The van der Waals surface area contributed by atoms with Crippen LogP contribution in [0.4, 0.5) is 0 Å². The van der Waals surface area contributed by atoms with Crippen molar-refractivity contribution in [2.45, 2.75) is 45.1 Å². The van der Waals surface area contributed by atoms with Crippen molar-refractivity contribution in [2.24, 2.45) is 11.3 Å². The van der Waals surface area contributed by atoms with Gasteiger partial charge >= 0.3 is 0 Å². The van der Waals surface area contributed by atoms with Gasteiger partial charge in [0, 0.05) is 0 Å². The minimum absolute atomic E-state index is 0.183. The fourth-order valence-electron chi connectivity index (χ4n) is 2.94. The van der Waals surface area contributed by atoms with Crippen molar-refractivity contribution >= 4 is 0 Å². The Hall–Kier alpha value is -0.300. The Balaban J connectivity index is 2.16. The van der Waals surface area contributed by atoms with Crippen molar-refractivity contribution in [3.8, 4) is 0 Å². The topological polar surface area (TPSA) is 9.23 Å². The Morgan fingerprint density at radius 2 is 2.31 bits per heavy atom. The van der Waals surface area contributed by atoms with E-state index in [0.717, 1.165) is 18.9 Å². The van der Waals surface area contributed by atoms with Gasteiger partial charge in [-0.2, -0.15) is 0 Å². The summed E-state index contributed by atoms with van der Waals surface area (Å²) < 4.78 is 5.98. The number of ether oxygens (including phenoxy) is 1. The van der Waals surface area contributed by atoms with Crippen molar-refractivity contribution in [1.29, 1.82) is 0 Å². The number of fused-ring (bicyclic) bond motifs is 3. The molecule has 1 aliphatic carbocycles. The average Bonchev–Trinajstić information content (AvgIpc) is 2.09. The van der Waals surface area contributed by atoms with Crippen molar-refractivity contribution in [3.05, 3.63) is 12.7 Å². The molecule has 0 N–H and O–H groups in total. The van der Waals surface area contributed by atoms with Gasteiger partial charge in [0.2, 0.25) is 0 Å². The SMILES string of the molecule is C=CCC12CCC(C)(OC1)C(C)C2. The second-order valence-corrected chi connectivity index (χ2v) is 5.20. The fraction of sp³-hybridized carbons (Fsp3) is 0.833. The first-order valence-electron chi connectivity index (χ1n) is 5.35. The molecule has 2 bridgehead atoms. The normalized spacial score (nSPS) is 49.2. The van der Waals surface area contributed by atoms with Gasteiger partial charge in [-0.1, -0.05) is 13.0 Å². The predicted octanol–water partition coefficient (Wildman–Crippen LogP) is 3.16. The van der Waals surface area contributed by atoms with E-state index in [1.807, 2.05) is 0 Å². The molecule has 0 aromatic rings. The highest BCUT2D eigenvalue weighted by molar-refractivity contribution is 5.02. The van der Waals surface area contributed by atoms with Crippen LogP contribution in [0.2, 0.25) is 0 Å². The Morgan fingerprint density at radius 3 is 2.77 bits per heavy atom. The molecule has 3 atom stereocenters. The van der Waals surface area contributed by atoms with Crippen molar-refractivity contribution < 1.29 is 4.74 Å². The number of hydrogen-bond acceptors (Lipinski definition) is 1. The lowest BCUT2D eigenvalue weighted by molar-refractivity contribution is -0.203. The lowest BCUT2D eigenvalue weighted by Gasteiger charge is -2.55. The third-order valence-electron chi connectivity index (χ3n) is 4.22. The summed E-state index contributed by atoms with van der Waals surface area (Å²) in [6.07, 6.45) is 7.09. The predicted molar refractivity (Wildman–Crippen MR) is 54.6 cm³/mol. The molecule has 0 aromatic heterocycles. The molecule has 2 aliphatic heterocycles. The summed E-state index contributed by atoms with van der Waals surface area (Å²) in [6.45, 7) is 9.41. The molecule has 3 rings (SSSR count). The lowest BCUT2D eigenvalue weighted by Crippen LogP contribution is -2.54. The zero-order valence-electron chi connectivity index (χ0n) is 8.81. The zero-order chi connectivity index (χ0) is 9.53. The molecule has 1 saturated carbocycles. The molecule has 13 heavy (non-hydrogen) atoms. The van der Waals surface area contributed by atoms with Gasteiger partial charge in [0.15, 0.2) is 0 Å². The van der Waals surface area contributed by atoms with Crippen LogP contribution in [0.3, 0.4) is 0 Å². The van der Waals surface area contributed by atoms with Gasteiger partial charge in [-0.25, -0.2) is 0 Å². The first kappa shape index (κ1) is 9.26. The first-order valence-corrected chi connectivity index (χ1v) is 5.35. The number of rotatable bonds is 2. The molecule has 0 radical (unpaired) electrons. The summed E-state index contributed by atoms with van der Waals surface area (Å²) in [7, 11) is 0. The maximum Gasteiger partial charge on any atom is 0.0680 e. The van der Waals surface area contributed by atoms with Crippen LogP contribution in [-0.4, -0.2) is 12.2 Å². The summed E-state index contributed by atoms with van der Waals surface area (Å²) in [6, 6.07) is 0. The van der Waals surface area contributed by atoms with E-state index < -0.39 is 0 Å². The smallest absolute Gasteiger partial charge is 0.0680 e. The Bertz CT molecular complexity index is 211. The second-order valence-electron chi connectivity index (χ2n) is 5.20. The van der Waals surface area contributed by atoms with E-state index in [-0.39, 0.29) is 5.60 Å². The van der Waals surface area contributed by atoms with E-state index in [9.17, 15) is 0 Å². The quantitative estimate of drug-likeness (QED) is 0.593. The Kier molecular flexibility index (Phi) is 2.03. The van der Waals surface area contributed by atoms with Crippen molar-refractivity contribution in [1.82, 2.24) is 0 Å². The van der Waals surface area contributed by atoms with Crippen LogP contribution >= 0.6 is 0 Å². The summed E-state index contributed by atoms with van der Waals surface area (Å²) >= 11 is 0. The Morgan fingerprint density at radius 1 is 1.54 bits per heavy atom. The molecule has 2 heterocycles. The molecule has 74 valence electrons. The zero-order valence-corrected chi connectivity index (χ0v) is 8.81. The van der Waals surface area contributed by atoms with Crippen LogP contribution in [-0.2, 0) is 4.74 Å². The largest absolute Gasteiger partial charge is 0.374 e. The van der Waals surface area contributed by atoms with Gasteiger partial charge in [0.25, 0.3) is 0 Å². The maximum absolute atomic E-state index is 5.98. The standard InChI is InChI=1S/C12H20O/c1-4-5-12-7-6-11(3,13-9-12)10(2)8-12/h4,10H,1,5-9H2,2-3H3. The van der Waals surface area contributed by atoms with Gasteiger partial charge < -0.3 is 4.74 Å². The monoisotopic (exact) mass is 180 g/mol. The van der Waals surface area contributed by atoms with Crippen LogP contribution in [0.5, 0.6) is 0 Å². The molecule has 1 heteroatoms. The minimum Gasteiger partial charge on any atom is -0.374 e. The molecule has 3 fully saturated rings. The van der Waals surface area contributed by atoms with Crippen molar-refractivity contribution in [2.75, 3.05) is 6.61 Å². The second kappa shape index (κ2) is 2.84.